The van der Waals surface area contributed by atoms with E-state index >= 15 is 0 Å². The molecule has 2 rings (SSSR count). The Morgan fingerprint density at radius 1 is 1.00 bits per heavy atom. The molecule has 0 spiro atoms. The standard InChI is InChI=1S/C25H32Cl3N3O4S/c1-4-5-15-29-25(33)18(2)30(17-21-22(27)8-6-9-23(21)28)24(32)10-7-16-31(36(3,34)35)20-13-11-19(26)12-14-20/h6,8-9,11-14,18H,4-5,7,10,15-17H2,1-3H3,(H,29,33). The number of carbonyl (C=O) groups excluding carboxylic acids is 2. The predicted octanol–water partition coefficient (Wildman–Crippen LogP) is 5.53. The Morgan fingerprint density at radius 3 is 2.17 bits per heavy atom. The van der Waals surface area contributed by atoms with Gasteiger partial charge in [0, 0.05) is 46.7 Å². The van der Waals surface area contributed by atoms with Gasteiger partial charge in [0.1, 0.15) is 6.04 Å². The van der Waals surface area contributed by atoms with Crippen LogP contribution in [0.25, 0.3) is 0 Å². The topological polar surface area (TPSA) is 86.8 Å². The van der Waals surface area contributed by atoms with Crippen LogP contribution in [0.1, 0.15) is 45.1 Å². The molecule has 0 aliphatic carbocycles. The smallest absolute Gasteiger partial charge is 0.242 e. The molecular weight excluding hydrogens is 545 g/mol. The second-order valence-corrected chi connectivity index (χ2v) is 11.6. The Hall–Kier alpha value is -2.00. The maximum absolute atomic E-state index is 13.3. The molecular formula is C25H32Cl3N3O4S. The summed E-state index contributed by atoms with van der Waals surface area (Å²) in [6.45, 7) is 4.32. The van der Waals surface area contributed by atoms with Crippen LogP contribution in [0.5, 0.6) is 0 Å². The van der Waals surface area contributed by atoms with E-state index in [9.17, 15) is 18.0 Å². The molecule has 1 atom stereocenters. The van der Waals surface area contributed by atoms with Crippen molar-refractivity contribution >= 4 is 62.3 Å². The molecule has 2 amide bonds. The van der Waals surface area contributed by atoms with E-state index in [1.54, 1.807) is 49.4 Å². The van der Waals surface area contributed by atoms with Gasteiger partial charge in [0.05, 0.1) is 11.9 Å². The fraction of sp³-hybridized carbons (Fsp3) is 0.440. The van der Waals surface area contributed by atoms with Gasteiger partial charge in [-0.25, -0.2) is 8.42 Å². The van der Waals surface area contributed by atoms with E-state index in [-0.39, 0.29) is 37.7 Å². The summed E-state index contributed by atoms with van der Waals surface area (Å²) in [5.74, 6) is -0.590. The average Bonchev–Trinajstić information content (AvgIpc) is 2.81. The lowest BCUT2D eigenvalue weighted by molar-refractivity contribution is -0.140. The van der Waals surface area contributed by atoms with Gasteiger partial charge in [-0.3, -0.25) is 13.9 Å². The first-order valence-corrected chi connectivity index (χ1v) is 14.7. The molecule has 0 fully saturated rings. The van der Waals surface area contributed by atoms with Crippen LogP contribution in [0.2, 0.25) is 15.1 Å². The molecule has 0 radical (unpaired) electrons. The average molecular weight is 577 g/mol. The molecule has 198 valence electrons. The third-order valence-corrected chi connectivity index (χ3v) is 7.81. The van der Waals surface area contributed by atoms with Gasteiger partial charge in [0.25, 0.3) is 0 Å². The number of amides is 2. The van der Waals surface area contributed by atoms with E-state index in [2.05, 4.69) is 5.32 Å². The first-order valence-electron chi connectivity index (χ1n) is 11.7. The number of nitrogens with one attached hydrogen (secondary N) is 1. The zero-order valence-corrected chi connectivity index (χ0v) is 23.7. The fourth-order valence-corrected chi connectivity index (χ4v) is 5.19. The number of hydrogen-bond acceptors (Lipinski definition) is 4. The molecule has 1 unspecified atom stereocenters. The van der Waals surface area contributed by atoms with E-state index in [1.807, 2.05) is 6.92 Å². The summed E-state index contributed by atoms with van der Waals surface area (Å²) in [5, 5.41) is 4.13. The zero-order valence-electron chi connectivity index (χ0n) is 20.6. The summed E-state index contributed by atoms with van der Waals surface area (Å²) in [7, 11) is -3.59. The number of anilines is 1. The van der Waals surface area contributed by atoms with Crippen molar-refractivity contribution in [2.24, 2.45) is 0 Å². The summed E-state index contributed by atoms with van der Waals surface area (Å²) in [5.41, 5.74) is 0.999. The molecule has 0 saturated heterocycles. The number of rotatable bonds is 13. The highest BCUT2D eigenvalue weighted by molar-refractivity contribution is 7.92. The summed E-state index contributed by atoms with van der Waals surface area (Å²) in [6.07, 6.45) is 3.13. The van der Waals surface area contributed by atoms with Crippen LogP contribution in [0.3, 0.4) is 0 Å². The Balaban J connectivity index is 2.19. The van der Waals surface area contributed by atoms with Crippen LogP contribution in [0, 0.1) is 0 Å². The number of sulfonamides is 1. The first-order chi connectivity index (χ1) is 17.0. The first kappa shape index (κ1) is 30.2. The Morgan fingerprint density at radius 2 is 1.61 bits per heavy atom. The van der Waals surface area contributed by atoms with Gasteiger partial charge < -0.3 is 10.2 Å². The van der Waals surface area contributed by atoms with Gasteiger partial charge in [-0.05, 0) is 56.2 Å². The minimum absolute atomic E-state index is 0.0221. The number of nitrogens with zero attached hydrogens (tertiary/aromatic N) is 2. The monoisotopic (exact) mass is 575 g/mol. The van der Waals surface area contributed by atoms with Gasteiger partial charge in [0.15, 0.2) is 0 Å². The van der Waals surface area contributed by atoms with E-state index < -0.39 is 16.1 Å². The second-order valence-electron chi connectivity index (χ2n) is 8.46. The molecule has 11 heteroatoms. The van der Waals surface area contributed by atoms with Crippen LogP contribution in [-0.2, 0) is 26.2 Å². The van der Waals surface area contributed by atoms with Crippen molar-refractivity contribution in [2.45, 2.75) is 52.1 Å². The van der Waals surface area contributed by atoms with Crippen molar-refractivity contribution in [1.82, 2.24) is 10.2 Å². The molecule has 0 bridgehead atoms. The quantitative estimate of drug-likeness (QED) is 0.318. The van der Waals surface area contributed by atoms with Crippen molar-refractivity contribution in [2.75, 3.05) is 23.7 Å². The zero-order chi connectivity index (χ0) is 26.9. The van der Waals surface area contributed by atoms with Crippen molar-refractivity contribution < 1.29 is 18.0 Å². The Labute approximate surface area is 228 Å². The van der Waals surface area contributed by atoms with Crippen LogP contribution in [0.4, 0.5) is 5.69 Å². The number of carbonyl (C=O) groups is 2. The van der Waals surface area contributed by atoms with E-state index in [4.69, 9.17) is 34.8 Å². The number of benzene rings is 2. The van der Waals surface area contributed by atoms with Gasteiger partial charge in [0.2, 0.25) is 21.8 Å². The van der Waals surface area contributed by atoms with Crippen molar-refractivity contribution in [1.29, 1.82) is 0 Å². The number of unbranched alkanes of at least 4 members (excludes halogenated alkanes) is 1. The van der Waals surface area contributed by atoms with Gasteiger partial charge in [-0.15, -0.1) is 0 Å². The molecule has 2 aromatic rings. The van der Waals surface area contributed by atoms with Crippen molar-refractivity contribution in [3.05, 3.63) is 63.1 Å². The van der Waals surface area contributed by atoms with Crippen LogP contribution < -0.4 is 9.62 Å². The summed E-state index contributed by atoms with van der Waals surface area (Å²) >= 11 is 18.6. The van der Waals surface area contributed by atoms with Crippen LogP contribution >= 0.6 is 34.8 Å². The third-order valence-electron chi connectivity index (χ3n) is 5.65. The third kappa shape index (κ3) is 8.83. The van der Waals surface area contributed by atoms with Crippen LogP contribution in [0.15, 0.2) is 42.5 Å². The molecule has 0 aliphatic rings. The van der Waals surface area contributed by atoms with Gasteiger partial charge in [-0.1, -0.05) is 54.2 Å². The highest BCUT2D eigenvalue weighted by Crippen LogP contribution is 2.27. The molecule has 0 saturated carbocycles. The normalized spacial score (nSPS) is 12.2. The molecule has 7 nitrogen and oxygen atoms in total. The molecule has 0 heterocycles. The Bertz CT molecular complexity index is 1120. The maximum atomic E-state index is 13.3. The van der Waals surface area contributed by atoms with E-state index in [0.29, 0.717) is 32.9 Å². The fourth-order valence-electron chi connectivity index (χ4n) is 3.58. The van der Waals surface area contributed by atoms with Gasteiger partial charge in [-0.2, -0.15) is 0 Å². The van der Waals surface area contributed by atoms with Crippen molar-refractivity contribution in [3.8, 4) is 0 Å². The summed E-state index contributed by atoms with van der Waals surface area (Å²) in [6, 6.07) is 10.7. The molecule has 36 heavy (non-hydrogen) atoms. The lowest BCUT2D eigenvalue weighted by atomic mass is 10.1. The van der Waals surface area contributed by atoms with Crippen LogP contribution in [-0.4, -0.2) is 50.5 Å². The van der Waals surface area contributed by atoms with E-state index in [0.717, 1.165) is 19.1 Å². The van der Waals surface area contributed by atoms with Crippen molar-refractivity contribution in [3.63, 3.8) is 0 Å². The molecule has 1 N–H and O–H groups in total. The lowest BCUT2D eigenvalue weighted by Crippen LogP contribution is -2.48. The predicted molar refractivity (Wildman–Crippen MR) is 147 cm³/mol. The van der Waals surface area contributed by atoms with Gasteiger partial charge >= 0.3 is 0 Å². The summed E-state index contributed by atoms with van der Waals surface area (Å²) in [4.78, 5) is 27.5. The largest absolute Gasteiger partial charge is 0.354 e. The minimum Gasteiger partial charge on any atom is -0.354 e. The van der Waals surface area contributed by atoms with E-state index in [1.165, 1.54) is 9.21 Å². The highest BCUT2D eigenvalue weighted by Gasteiger charge is 2.27. The summed E-state index contributed by atoms with van der Waals surface area (Å²) < 4.78 is 26.0. The minimum atomic E-state index is -3.59. The number of halogens is 3. The second kappa shape index (κ2) is 14.1. The molecule has 0 aromatic heterocycles. The number of hydrogen-bond donors (Lipinski definition) is 1. The maximum Gasteiger partial charge on any atom is 0.242 e. The Kier molecular flexibility index (Phi) is 11.8. The highest BCUT2D eigenvalue weighted by atomic mass is 35.5. The SMILES string of the molecule is CCCCNC(=O)C(C)N(Cc1c(Cl)cccc1Cl)C(=O)CCCN(c1ccc(Cl)cc1)S(C)(=O)=O. The lowest BCUT2D eigenvalue weighted by Gasteiger charge is -2.30. The molecule has 0 aliphatic heterocycles. The molecule has 2 aromatic carbocycles.